The summed E-state index contributed by atoms with van der Waals surface area (Å²) in [6.45, 7) is 6.79. The molecule has 0 fully saturated rings. The molecular weight excluding hydrogens is 284 g/mol. The van der Waals surface area contributed by atoms with Crippen molar-refractivity contribution >= 4 is 17.2 Å². The highest BCUT2D eigenvalue weighted by Gasteiger charge is 2.17. The maximum absolute atomic E-state index is 12.2. The minimum Gasteiger partial charge on any atom is -0.354 e. The van der Waals surface area contributed by atoms with Crippen LogP contribution in [0, 0.1) is 13.8 Å². The van der Waals surface area contributed by atoms with Crippen molar-refractivity contribution in [2.45, 2.75) is 46.1 Å². The average Bonchev–Trinajstić information content (AvgIpc) is 3.07. The van der Waals surface area contributed by atoms with Crippen LogP contribution < -0.4 is 5.32 Å². The van der Waals surface area contributed by atoms with Gasteiger partial charge < -0.3 is 5.32 Å². The highest BCUT2D eigenvalue weighted by Crippen LogP contribution is 2.17. The summed E-state index contributed by atoms with van der Waals surface area (Å²) >= 11 is 1.74. The van der Waals surface area contributed by atoms with Crippen LogP contribution in [0.15, 0.2) is 18.5 Å². The molecule has 5 nitrogen and oxygen atoms in total. The Labute approximate surface area is 129 Å². The van der Waals surface area contributed by atoms with Crippen LogP contribution in [0.25, 0.3) is 0 Å². The van der Waals surface area contributed by atoms with Gasteiger partial charge in [0.25, 0.3) is 0 Å². The smallest absolute Gasteiger partial charge is 0.244 e. The summed E-state index contributed by atoms with van der Waals surface area (Å²) in [5.41, 5.74) is 1.11. The molecule has 0 saturated heterocycles. The highest BCUT2D eigenvalue weighted by molar-refractivity contribution is 7.11. The first-order valence-electron chi connectivity index (χ1n) is 7.31. The summed E-state index contributed by atoms with van der Waals surface area (Å²) in [6.07, 6.45) is 6.09. The maximum Gasteiger partial charge on any atom is 0.244 e. The number of nitrogens with zero attached hydrogens (tertiary/aromatic N) is 3. The molecule has 0 saturated carbocycles. The Hall–Kier alpha value is -1.69. The summed E-state index contributed by atoms with van der Waals surface area (Å²) in [5.74, 6) is 0.0349. The molecule has 0 spiro atoms. The van der Waals surface area contributed by atoms with Gasteiger partial charge >= 0.3 is 0 Å². The van der Waals surface area contributed by atoms with E-state index < -0.39 is 0 Å². The van der Waals surface area contributed by atoms with Gasteiger partial charge in [0.2, 0.25) is 5.91 Å². The Morgan fingerprint density at radius 1 is 1.48 bits per heavy atom. The van der Waals surface area contributed by atoms with Gasteiger partial charge in [-0.3, -0.25) is 9.48 Å². The summed E-state index contributed by atoms with van der Waals surface area (Å²) in [5, 5.41) is 8.29. The van der Waals surface area contributed by atoms with Crippen LogP contribution in [-0.4, -0.2) is 27.2 Å². The molecule has 2 aromatic rings. The topological polar surface area (TPSA) is 59.8 Å². The fourth-order valence-corrected chi connectivity index (χ4v) is 3.15. The van der Waals surface area contributed by atoms with E-state index >= 15 is 0 Å². The fourth-order valence-electron chi connectivity index (χ4n) is 2.17. The van der Waals surface area contributed by atoms with E-state index in [9.17, 15) is 4.79 Å². The number of thiazole rings is 1. The molecular formula is C15H22N4OS. The van der Waals surface area contributed by atoms with Gasteiger partial charge in [-0.05, 0) is 32.8 Å². The third kappa shape index (κ3) is 4.14. The third-order valence-electron chi connectivity index (χ3n) is 3.47. The number of amides is 1. The molecule has 21 heavy (non-hydrogen) atoms. The second kappa shape index (κ2) is 7.36. The fraction of sp³-hybridized carbons (Fsp3) is 0.533. The molecule has 2 heterocycles. The van der Waals surface area contributed by atoms with Crippen molar-refractivity contribution in [2.75, 3.05) is 6.54 Å². The standard InChI is InChI=1S/C15H22N4OS/c1-4-13(19-10-6-9-17-19)15(20)16-8-5-7-14-18-11(2)12(3)21-14/h6,9-10,13H,4-5,7-8H2,1-3H3,(H,16,20). The van der Waals surface area contributed by atoms with E-state index in [0.717, 1.165) is 30.0 Å². The summed E-state index contributed by atoms with van der Waals surface area (Å²) in [4.78, 5) is 17.9. The predicted octanol–water partition coefficient (Wildman–Crippen LogP) is 2.66. The third-order valence-corrected chi connectivity index (χ3v) is 4.61. The molecule has 1 atom stereocenters. The molecule has 0 aliphatic rings. The maximum atomic E-state index is 12.2. The van der Waals surface area contributed by atoms with Crippen molar-refractivity contribution < 1.29 is 4.79 Å². The summed E-state index contributed by atoms with van der Waals surface area (Å²) in [7, 11) is 0. The molecule has 114 valence electrons. The van der Waals surface area contributed by atoms with Crippen LogP contribution in [0.1, 0.15) is 41.4 Å². The van der Waals surface area contributed by atoms with Crippen molar-refractivity contribution in [2.24, 2.45) is 0 Å². The largest absolute Gasteiger partial charge is 0.354 e. The van der Waals surface area contributed by atoms with Crippen LogP contribution in [0.3, 0.4) is 0 Å². The van der Waals surface area contributed by atoms with Crippen LogP contribution in [0.5, 0.6) is 0 Å². The summed E-state index contributed by atoms with van der Waals surface area (Å²) < 4.78 is 1.71. The average molecular weight is 306 g/mol. The zero-order valence-electron chi connectivity index (χ0n) is 12.8. The van der Waals surface area contributed by atoms with Crippen LogP contribution in [0.4, 0.5) is 0 Å². The molecule has 2 rings (SSSR count). The quantitative estimate of drug-likeness (QED) is 0.800. The Morgan fingerprint density at radius 3 is 2.86 bits per heavy atom. The number of rotatable bonds is 7. The van der Waals surface area contributed by atoms with Gasteiger partial charge in [-0.15, -0.1) is 11.3 Å². The van der Waals surface area contributed by atoms with Gasteiger partial charge in [-0.2, -0.15) is 5.10 Å². The van der Waals surface area contributed by atoms with Crippen LogP contribution >= 0.6 is 11.3 Å². The van der Waals surface area contributed by atoms with Crippen LogP contribution in [0.2, 0.25) is 0 Å². The zero-order valence-corrected chi connectivity index (χ0v) is 13.6. The lowest BCUT2D eigenvalue weighted by molar-refractivity contribution is -0.124. The highest BCUT2D eigenvalue weighted by atomic mass is 32.1. The second-order valence-corrected chi connectivity index (χ2v) is 6.34. The van der Waals surface area contributed by atoms with E-state index in [0.29, 0.717) is 6.54 Å². The first-order valence-corrected chi connectivity index (χ1v) is 8.13. The zero-order chi connectivity index (χ0) is 15.2. The second-order valence-electron chi connectivity index (χ2n) is 5.05. The number of hydrogen-bond acceptors (Lipinski definition) is 4. The molecule has 0 bridgehead atoms. The minimum atomic E-state index is -0.218. The summed E-state index contributed by atoms with van der Waals surface area (Å²) in [6, 6.07) is 1.62. The minimum absolute atomic E-state index is 0.0349. The van der Waals surface area contributed by atoms with Gasteiger partial charge in [0.15, 0.2) is 0 Å². The first-order chi connectivity index (χ1) is 10.1. The number of aryl methyl sites for hydroxylation is 3. The Bertz CT molecular complexity index is 557. The molecule has 0 aliphatic carbocycles. The number of carbonyl (C=O) groups excluding carboxylic acids is 1. The van der Waals surface area contributed by atoms with Crippen molar-refractivity contribution in [3.63, 3.8) is 0 Å². The number of hydrogen-bond donors (Lipinski definition) is 1. The van der Waals surface area contributed by atoms with Gasteiger partial charge in [-0.25, -0.2) is 4.98 Å². The van der Waals surface area contributed by atoms with Crippen molar-refractivity contribution in [3.05, 3.63) is 34.0 Å². The lowest BCUT2D eigenvalue weighted by atomic mass is 10.2. The van der Waals surface area contributed by atoms with Crippen LogP contribution in [-0.2, 0) is 11.2 Å². The molecule has 1 N–H and O–H groups in total. The van der Waals surface area contributed by atoms with Gasteiger partial charge in [0.05, 0.1) is 10.7 Å². The Kier molecular flexibility index (Phi) is 5.50. The first kappa shape index (κ1) is 15.7. The Balaban J connectivity index is 1.76. The number of carbonyl (C=O) groups is 1. The molecule has 2 aromatic heterocycles. The van der Waals surface area contributed by atoms with E-state index in [1.807, 2.05) is 26.1 Å². The lowest BCUT2D eigenvalue weighted by Crippen LogP contribution is -2.33. The Morgan fingerprint density at radius 2 is 2.29 bits per heavy atom. The van der Waals surface area contributed by atoms with Gasteiger partial charge in [-0.1, -0.05) is 6.92 Å². The lowest BCUT2D eigenvalue weighted by Gasteiger charge is -2.15. The molecule has 0 aliphatic heterocycles. The molecule has 1 amide bonds. The van der Waals surface area contributed by atoms with Crippen molar-refractivity contribution in [1.29, 1.82) is 0 Å². The molecule has 6 heteroatoms. The van der Waals surface area contributed by atoms with Gasteiger partial charge in [0.1, 0.15) is 6.04 Å². The van der Waals surface area contributed by atoms with Gasteiger partial charge in [0, 0.05) is 30.2 Å². The van der Waals surface area contributed by atoms with E-state index in [1.165, 1.54) is 4.88 Å². The van der Waals surface area contributed by atoms with E-state index in [-0.39, 0.29) is 11.9 Å². The van der Waals surface area contributed by atoms with Crippen molar-refractivity contribution in [3.8, 4) is 0 Å². The van der Waals surface area contributed by atoms with E-state index in [4.69, 9.17) is 0 Å². The molecule has 0 aromatic carbocycles. The SMILES string of the molecule is CCC(C(=O)NCCCc1nc(C)c(C)s1)n1cccn1. The normalized spacial score (nSPS) is 12.3. The molecule has 1 unspecified atom stereocenters. The van der Waals surface area contributed by atoms with E-state index in [2.05, 4.69) is 22.3 Å². The monoisotopic (exact) mass is 306 g/mol. The number of nitrogens with one attached hydrogen (secondary N) is 1. The van der Waals surface area contributed by atoms with Crippen molar-refractivity contribution in [1.82, 2.24) is 20.1 Å². The number of aromatic nitrogens is 3. The molecule has 0 radical (unpaired) electrons. The van der Waals surface area contributed by atoms with E-state index in [1.54, 1.807) is 22.2 Å². The predicted molar refractivity (Wildman–Crippen MR) is 84.5 cm³/mol.